The Balaban J connectivity index is 1.21. The molecule has 3 saturated carbocycles. The van der Waals surface area contributed by atoms with Gasteiger partial charge in [0.1, 0.15) is 0 Å². The van der Waals surface area contributed by atoms with Gasteiger partial charge in [-0.3, -0.25) is 0 Å². The van der Waals surface area contributed by atoms with Gasteiger partial charge in [0.25, 0.3) is 0 Å². The number of nitrogens with zero attached hydrogens (tertiary/aromatic N) is 1. The van der Waals surface area contributed by atoms with Crippen LogP contribution in [0, 0.1) is 11.8 Å². The van der Waals surface area contributed by atoms with Gasteiger partial charge in [-0.05, 0) is 147 Å². The van der Waals surface area contributed by atoms with Gasteiger partial charge < -0.3 is 4.90 Å². The van der Waals surface area contributed by atoms with Crippen molar-refractivity contribution in [2.45, 2.75) is 88.9 Å². The van der Waals surface area contributed by atoms with Gasteiger partial charge in [-0.15, -0.1) is 0 Å². The van der Waals surface area contributed by atoms with Crippen LogP contribution in [0.4, 0.5) is 17.1 Å². The van der Waals surface area contributed by atoms with Crippen molar-refractivity contribution in [1.82, 2.24) is 0 Å². The number of fused-ring (bicyclic) bond motifs is 7. The number of hydrogen-bond donors (Lipinski definition) is 0. The Bertz CT molecular complexity index is 2580. The van der Waals surface area contributed by atoms with E-state index in [2.05, 4.69) is 158 Å². The average Bonchev–Trinajstić information content (AvgIpc) is 3.94. The summed E-state index contributed by atoms with van der Waals surface area (Å²) in [5.74, 6) is 3.05. The van der Waals surface area contributed by atoms with Gasteiger partial charge in [0.2, 0.25) is 0 Å². The number of hydrogen-bond acceptors (Lipinski definition) is 1. The van der Waals surface area contributed by atoms with Crippen molar-refractivity contribution in [2.24, 2.45) is 11.8 Å². The van der Waals surface area contributed by atoms with E-state index in [0.29, 0.717) is 11.8 Å². The van der Waals surface area contributed by atoms with Gasteiger partial charge in [0.15, 0.2) is 0 Å². The summed E-state index contributed by atoms with van der Waals surface area (Å²) in [5.41, 5.74) is 15.0. The third-order valence-corrected chi connectivity index (χ3v) is 14.5. The molecule has 0 heterocycles. The molecule has 11 rings (SSSR count). The summed E-state index contributed by atoms with van der Waals surface area (Å²) in [4.78, 5) is 2.69. The fraction of sp³-hybridized carbons (Fsp3) is 0.296. The second-order valence-electron chi connectivity index (χ2n) is 17.9. The first-order valence-corrected chi connectivity index (χ1v) is 21.2. The molecule has 272 valence electrons. The van der Waals surface area contributed by atoms with Gasteiger partial charge in [-0.2, -0.15) is 0 Å². The first-order valence-electron chi connectivity index (χ1n) is 21.2. The monoisotopic (exact) mass is 713 g/mol. The highest BCUT2D eigenvalue weighted by atomic mass is 15.1. The Labute approximate surface area is 327 Å². The maximum Gasteiger partial charge on any atom is 0.0543 e. The topological polar surface area (TPSA) is 3.24 Å². The molecule has 1 nitrogen and oxygen atoms in total. The van der Waals surface area contributed by atoms with Crippen LogP contribution in [0.25, 0.3) is 43.8 Å². The van der Waals surface area contributed by atoms with E-state index in [1.165, 1.54) is 135 Å². The molecule has 0 N–H and O–H groups in total. The van der Waals surface area contributed by atoms with Crippen LogP contribution >= 0.6 is 0 Å². The van der Waals surface area contributed by atoms with Gasteiger partial charge >= 0.3 is 0 Å². The molecule has 7 aromatic carbocycles. The molecule has 0 saturated heterocycles. The maximum absolute atomic E-state index is 2.69. The van der Waals surface area contributed by atoms with E-state index < -0.39 is 0 Å². The lowest BCUT2D eigenvalue weighted by Gasteiger charge is -2.35. The third kappa shape index (κ3) is 5.33. The quantitative estimate of drug-likeness (QED) is 0.166. The van der Waals surface area contributed by atoms with Crippen molar-refractivity contribution < 1.29 is 0 Å². The average molecular weight is 714 g/mol. The molecular formula is C54H51N. The molecular weight excluding hydrogens is 663 g/mol. The summed E-state index contributed by atoms with van der Waals surface area (Å²) < 4.78 is 0. The second kappa shape index (κ2) is 13.0. The molecule has 0 spiro atoms. The summed E-state index contributed by atoms with van der Waals surface area (Å²) in [6.45, 7) is 4.90. The number of anilines is 3. The standard InChI is InChI=1S/C54H51N/c1-54(2)49-22-11-10-20-44(49)46-29-30-50(52(53(46)54)45-21-12-18-36-15-8-9-19-43(36)45)55(42-27-25-38(26-28-42)47-32-35-23-24-41(47)31-35)51-34-40-17-7-6-16-39(40)33-48(51)37-13-4-3-5-14-37/h6-12,15-22,25-30,33-35,37,41,47H,3-5,13-14,23-24,31-32H2,1-2H3. The minimum atomic E-state index is -0.179. The Kier molecular flexibility index (Phi) is 7.84. The predicted molar refractivity (Wildman–Crippen MR) is 233 cm³/mol. The van der Waals surface area contributed by atoms with Gasteiger partial charge in [0.05, 0.1) is 11.4 Å². The highest BCUT2D eigenvalue weighted by molar-refractivity contribution is 6.06. The summed E-state index contributed by atoms with van der Waals surface area (Å²) >= 11 is 0. The molecule has 0 radical (unpaired) electrons. The van der Waals surface area contributed by atoms with Crippen LogP contribution in [0.15, 0.2) is 140 Å². The van der Waals surface area contributed by atoms with Gasteiger partial charge in [-0.25, -0.2) is 0 Å². The fourth-order valence-corrected chi connectivity index (χ4v) is 11.9. The lowest BCUT2D eigenvalue weighted by molar-refractivity contribution is 0.420. The van der Waals surface area contributed by atoms with Crippen LogP contribution in [0.1, 0.15) is 106 Å². The van der Waals surface area contributed by atoms with Crippen molar-refractivity contribution >= 4 is 38.6 Å². The first-order chi connectivity index (χ1) is 27.0. The number of benzene rings is 7. The molecule has 1 heteroatoms. The minimum absolute atomic E-state index is 0.179. The van der Waals surface area contributed by atoms with Crippen LogP contribution in [0.2, 0.25) is 0 Å². The van der Waals surface area contributed by atoms with E-state index in [4.69, 9.17) is 0 Å². The molecule has 0 aliphatic heterocycles. The smallest absolute Gasteiger partial charge is 0.0543 e. The Morgan fingerprint density at radius 3 is 2.04 bits per heavy atom. The van der Waals surface area contributed by atoms with E-state index >= 15 is 0 Å². The van der Waals surface area contributed by atoms with E-state index in [0.717, 1.165) is 11.8 Å². The van der Waals surface area contributed by atoms with E-state index in [9.17, 15) is 0 Å². The second-order valence-corrected chi connectivity index (χ2v) is 17.9. The lowest BCUT2D eigenvalue weighted by atomic mass is 9.77. The van der Waals surface area contributed by atoms with Gasteiger partial charge in [-0.1, -0.05) is 149 Å². The molecule has 0 amide bonds. The molecule has 55 heavy (non-hydrogen) atoms. The zero-order chi connectivity index (χ0) is 36.7. The molecule has 3 unspecified atom stereocenters. The molecule has 3 atom stereocenters. The van der Waals surface area contributed by atoms with Crippen LogP contribution in [0.5, 0.6) is 0 Å². The minimum Gasteiger partial charge on any atom is -0.310 e. The van der Waals surface area contributed by atoms with Crippen molar-refractivity contribution in [3.63, 3.8) is 0 Å². The van der Waals surface area contributed by atoms with Crippen molar-refractivity contribution in [1.29, 1.82) is 0 Å². The Morgan fingerprint density at radius 1 is 0.545 bits per heavy atom. The molecule has 4 aliphatic carbocycles. The van der Waals surface area contributed by atoms with Crippen LogP contribution in [-0.4, -0.2) is 0 Å². The summed E-state index contributed by atoms with van der Waals surface area (Å²) in [6.07, 6.45) is 12.1. The fourth-order valence-electron chi connectivity index (χ4n) is 11.9. The van der Waals surface area contributed by atoms with E-state index in [1.54, 1.807) is 5.56 Å². The Morgan fingerprint density at radius 2 is 1.25 bits per heavy atom. The maximum atomic E-state index is 2.69. The molecule has 0 aromatic heterocycles. The zero-order valence-corrected chi connectivity index (χ0v) is 32.4. The van der Waals surface area contributed by atoms with Crippen LogP contribution in [0.3, 0.4) is 0 Å². The van der Waals surface area contributed by atoms with Crippen molar-refractivity contribution in [2.75, 3.05) is 4.90 Å². The molecule has 7 aromatic rings. The normalized spacial score (nSPS) is 21.2. The van der Waals surface area contributed by atoms with E-state index in [-0.39, 0.29) is 5.41 Å². The van der Waals surface area contributed by atoms with Crippen LogP contribution in [-0.2, 0) is 5.41 Å². The highest BCUT2D eigenvalue weighted by Gasteiger charge is 2.41. The predicted octanol–water partition coefficient (Wildman–Crippen LogP) is 15.4. The zero-order valence-electron chi connectivity index (χ0n) is 32.4. The third-order valence-electron chi connectivity index (χ3n) is 14.5. The van der Waals surface area contributed by atoms with E-state index in [1.807, 2.05) is 0 Å². The highest BCUT2D eigenvalue weighted by Crippen LogP contribution is 2.58. The lowest BCUT2D eigenvalue weighted by Crippen LogP contribution is -2.20. The first kappa shape index (κ1) is 33.2. The SMILES string of the molecule is CC1(C)c2ccccc2-c2ccc(N(c3ccc(C4CC5CCC4C5)cc3)c3cc4ccccc4cc3C3CCCCC3)c(-c3cccc4ccccc34)c21. The summed E-state index contributed by atoms with van der Waals surface area (Å²) in [6, 6.07) is 54.1. The Hall–Kier alpha value is -5.14. The molecule has 3 fully saturated rings. The summed E-state index contributed by atoms with van der Waals surface area (Å²) in [5, 5.41) is 5.25. The molecule has 2 bridgehead atoms. The summed E-state index contributed by atoms with van der Waals surface area (Å²) in [7, 11) is 0. The van der Waals surface area contributed by atoms with Crippen molar-refractivity contribution in [3.8, 4) is 22.3 Å². The van der Waals surface area contributed by atoms with Gasteiger partial charge in [0, 0.05) is 16.7 Å². The molecule has 4 aliphatic rings. The largest absolute Gasteiger partial charge is 0.310 e. The number of rotatable bonds is 6. The van der Waals surface area contributed by atoms with Crippen LogP contribution < -0.4 is 4.90 Å². The van der Waals surface area contributed by atoms with Crippen molar-refractivity contribution in [3.05, 3.63) is 162 Å².